The van der Waals surface area contributed by atoms with E-state index in [0.29, 0.717) is 22.7 Å². The maximum Gasteiger partial charge on any atom is 0.257 e. The highest BCUT2D eigenvalue weighted by molar-refractivity contribution is 6.05. The summed E-state index contributed by atoms with van der Waals surface area (Å²) in [5.41, 5.74) is 3.87. The summed E-state index contributed by atoms with van der Waals surface area (Å²) in [7, 11) is 1.63. The van der Waals surface area contributed by atoms with Crippen molar-refractivity contribution in [3.05, 3.63) is 83.2 Å². The highest BCUT2D eigenvalue weighted by Crippen LogP contribution is 2.24. The molecule has 0 fully saturated rings. The van der Waals surface area contributed by atoms with Gasteiger partial charge in [0.2, 0.25) is 0 Å². The minimum Gasteiger partial charge on any atom is -0.457 e. The molecule has 1 N–H and O–H groups in total. The quantitative estimate of drug-likeness (QED) is 0.621. The van der Waals surface area contributed by atoms with Crippen LogP contribution in [0.25, 0.3) is 0 Å². The van der Waals surface area contributed by atoms with Gasteiger partial charge in [-0.15, -0.1) is 0 Å². The molecule has 1 atom stereocenters. The molecule has 1 heterocycles. The molecule has 28 heavy (non-hydrogen) atoms. The van der Waals surface area contributed by atoms with Crippen molar-refractivity contribution in [3.8, 4) is 11.5 Å². The van der Waals surface area contributed by atoms with Gasteiger partial charge in [-0.05, 0) is 69.3 Å². The molecular formula is C23H24N2O3. The summed E-state index contributed by atoms with van der Waals surface area (Å²) in [4.78, 5) is 17.0. The number of amides is 1. The average Bonchev–Trinajstić information content (AvgIpc) is 2.70. The van der Waals surface area contributed by atoms with Gasteiger partial charge in [0.05, 0.1) is 23.1 Å². The van der Waals surface area contributed by atoms with Crippen LogP contribution in [0.15, 0.2) is 60.7 Å². The number of carbonyl (C=O) groups is 1. The Balaban J connectivity index is 1.66. The Kier molecular flexibility index (Phi) is 6.06. The zero-order chi connectivity index (χ0) is 20.1. The van der Waals surface area contributed by atoms with E-state index in [2.05, 4.69) is 10.3 Å². The first-order chi connectivity index (χ1) is 13.5. The molecule has 5 heteroatoms. The molecule has 3 rings (SSSR count). The van der Waals surface area contributed by atoms with E-state index in [1.54, 1.807) is 13.2 Å². The zero-order valence-electron chi connectivity index (χ0n) is 16.5. The average molecular weight is 376 g/mol. The maximum absolute atomic E-state index is 12.6. The van der Waals surface area contributed by atoms with Gasteiger partial charge in [0, 0.05) is 12.8 Å². The van der Waals surface area contributed by atoms with E-state index in [4.69, 9.17) is 9.47 Å². The molecule has 0 aliphatic carbocycles. The second kappa shape index (κ2) is 8.67. The lowest BCUT2D eigenvalue weighted by Crippen LogP contribution is -2.15. The molecule has 3 aromatic rings. The summed E-state index contributed by atoms with van der Waals surface area (Å²) >= 11 is 0. The van der Waals surface area contributed by atoms with E-state index in [1.807, 2.05) is 75.4 Å². The first-order valence-corrected chi connectivity index (χ1v) is 9.12. The molecule has 2 aromatic carbocycles. The number of hydrogen-bond donors (Lipinski definition) is 1. The van der Waals surface area contributed by atoms with Gasteiger partial charge in [-0.1, -0.05) is 17.7 Å². The maximum atomic E-state index is 12.6. The number of nitrogens with zero attached hydrogens (tertiary/aromatic N) is 1. The molecular weight excluding hydrogens is 352 g/mol. The second-order valence-electron chi connectivity index (χ2n) is 6.64. The first-order valence-electron chi connectivity index (χ1n) is 9.12. The number of methoxy groups -OCH3 is 1. The summed E-state index contributed by atoms with van der Waals surface area (Å²) in [6, 6.07) is 18.7. The molecule has 1 amide bonds. The molecule has 5 nitrogen and oxygen atoms in total. The molecule has 0 aliphatic heterocycles. The molecule has 0 bridgehead atoms. The summed E-state index contributed by atoms with van der Waals surface area (Å²) in [5, 5.41) is 2.89. The highest BCUT2D eigenvalue weighted by Gasteiger charge is 2.13. The summed E-state index contributed by atoms with van der Waals surface area (Å²) in [6.45, 7) is 5.77. The number of ether oxygens (including phenoxy) is 2. The molecule has 1 unspecified atom stereocenters. The normalized spacial score (nSPS) is 11.7. The number of pyridine rings is 1. The fraction of sp³-hybridized carbons (Fsp3) is 0.217. The number of benzene rings is 2. The number of aryl methyl sites for hydroxylation is 2. The third kappa shape index (κ3) is 4.75. The number of nitrogens with one attached hydrogen (secondary N) is 1. The topological polar surface area (TPSA) is 60.5 Å². The van der Waals surface area contributed by atoms with Crippen molar-refractivity contribution in [1.82, 2.24) is 4.98 Å². The fourth-order valence-corrected chi connectivity index (χ4v) is 2.71. The minimum atomic E-state index is -0.200. The van der Waals surface area contributed by atoms with E-state index in [0.717, 1.165) is 11.4 Å². The third-order valence-corrected chi connectivity index (χ3v) is 4.49. The third-order valence-electron chi connectivity index (χ3n) is 4.49. The minimum absolute atomic E-state index is 0.114. The van der Waals surface area contributed by atoms with Crippen molar-refractivity contribution < 1.29 is 14.3 Å². The van der Waals surface area contributed by atoms with Crippen molar-refractivity contribution in [1.29, 1.82) is 0 Å². The van der Waals surface area contributed by atoms with Crippen LogP contribution >= 0.6 is 0 Å². The Morgan fingerprint density at radius 2 is 1.54 bits per heavy atom. The van der Waals surface area contributed by atoms with E-state index in [9.17, 15) is 4.79 Å². The van der Waals surface area contributed by atoms with Gasteiger partial charge in [0.25, 0.3) is 5.91 Å². The van der Waals surface area contributed by atoms with Gasteiger partial charge in [0.15, 0.2) is 0 Å². The SMILES string of the molecule is COC(C)c1ccc(C(=O)Nc2ccc(Oc3ccc(C)cc3)cc2)c(C)n1. The Morgan fingerprint density at radius 1 is 0.929 bits per heavy atom. The van der Waals surface area contributed by atoms with Crippen LogP contribution < -0.4 is 10.1 Å². The molecule has 0 aliphatic rings. The second-order valence-corrected chi connectivity index (χ2v) is 6.64. The number of hydrogen-bond acceptors (Lipinski definition) is 4. The zero-order valence-corrected chi connectivity index (χ0v) is 16.5. The lowest BCUT2D eigenvalue weighted by Gasteiger charge is -2.12. The summed E-state index contributed by atoms with van der Waals surface area (Å²) in [5.74, 6) is 1.28. The van der Waals surface area contributed by atoms with Gasteiger partial charge in [-0.2, -0.15) is 0 Å². The molecule has 0 radical (unpaired) electrons. The van der Waals surface area contributed by atoms with Crippen molar-refractivity contribution in [2.75, 3.05) is 12.4 Å². The van der Waals surface area contributed by atoms with E-state index in [-0.39, 0.29) is 12.0 Å². The smallest absolute Gasteiger partial charge is 0.257 e. The van der Waals surface area contributed by atoms with Crippen LogP contribution in [0.2, 0.25) is 0 Å². The van der Waals surface area contributed by atoms with Crippen LogP contribution in [-0.2, 0) is 4.74 Å². The Labute approximate surface area is 165 Å². The molecule has 144 valence electrons. The monoisotopic (exact) mass is 376 g/mol. The first kappa shape index (κ1) is 19.6. The number of anilines is 1. The van der Waals surface area contributed by atoms with Crippen LogP contribution in [0.4, 0.5) is 5.69 Å². The molecule has 0 saturated carbocycles. The van der Waals surface area contributed by atoms with Crippen LogP contribution in [0, 0.1) is 13.8 Å². The van der Waals surface area contributed by atoms with Gasteiger partial charge in [0.1, 0.15) is 11.5 Å². The summed E-state index contributed by atoms with van der Waals surface area (Å²) in [6.07, 6.45) is -0.114. The van der Waals surface area contributed by atoms with Gasteiger partial charge >= 0.3 is 0 Å². The van der Waals surface area contributed by atoms with Crippen molar-refractivity contribution in [2.24, 2.45) is 0 Å². The lowest BCUT2D eigenvalue weighted by atomic mass is 10.1. The van der Waals surface area contributed by atoms with E-state index >= 15 is 0 Å². The molecule has 0 spiro atoms. The van der Waals surface area contributed by atoms with Crippen LogP contribution in [-0.4, -0.2) is 18.0 Å². The van der Waals surface area contributed by atoms with Crippen molar-refractivity contribution in [2.45, 2.75) is 26.9 Å². The predicted octanol–water partition coefficient (Wildman–Crippen LogP) is 5.45. The molecule has 1 aromatic heterocycles. The van der Waals surface area contributed by atoms with Crippen LogP contribution in [0.3, 0.4) is 0 Å². The van der Waals surface area contributed by atoms with Gasteiger partial charge in [-0.3, -0.25) is 9.78 Å². The fourth-order valence-electron chi connectivity index (χ4n) is 2.71. The van der Waals surface area contributed by atoms with E-state index in [1.165, 1.54) is 5.56 Å². The van der Waals surface area contributed by atoms with Crippen LogP contribution in [0.5, 0.6) is 11.5 Å². The van der Waals surface area contributed by atoms with Gasteiger partial charge in [-0.25, -0.2) is 0 Å². The van der Waals surface area contributed by atoms with E-state index < -0.39 is 0 Å². The number of aromatic nitrogens is 1. The Hall–Kier alpha value is -3.18. The highest BCUT2D eigenvalue weighted by atomic mass is 16.5. The Bertz CT molecular complexity index is 951. The van der Waals surface area contributed by atoms with Crippen molar-refractivity contribution >= 4 is 11.6 Å². The van der Waals surface area contributed by atoms with Crippen molar-refractivity contribution in [3.63, 3.8) is 0 Å². The lowest BCUT2D eigenvalue weighted by molar-refractivity contribution is 0.102. The van der Waals surface area contributed by atoms with Crippen LogP contribution in [0.1, 0.15) is 40.3 Å². The summed E-state index contributed by atoms with van der Waals surface area (Å²) < 4.78 is 11.1. The molecule has 0 saturated heterocycles. The number of rotatable bonds is 6. The largest absolute Gasteiger partial charge is 0.457 e. The van der Waals surface area contributed by atoms with Gasteiger partial charge < -0.3 is 14.8 Å². The standard InChI is InChI=1S/C23H24N2O3/c1-15-5-9-19(10-6-15)28-20-11-7-18(8-12-20)25-23(26)21-13-14-22(17(3)27-4)24-16(21)2/h5-14,17H,1-4H3,(H,25,26). The predicted molar refractivity (Wildman–Crippen MR) is 110 cm³/mol. The Morgan fingerprint density at radius 3 is 2.11 bits per heavy atom. The number of carbonyl (C=O) groups excluding carboxylic acids is 1.